The second-order valence-electron chi connectivity index (χ2n) is 3.73. The molecule has 4 nitrogen and oxygen atoms in total. The van der Waals surface area contributed by atoms with E-state index in [1.807, 2.05) is 26.0 Å². The highest BCUT2D eigenvalue weighted by Crippen LogP contribution is 2.23. The van der Waals surface area contributed by atoms with E-state index in [4.69, 9.17) is 10.8 Å². The van der Waals surface area contributed by atoms with Crippen LogP contribution in [0.5, 0.6) is 0 Å². The standard InChI is InChI=1S/C11H16N2O2/c1-6-4-9(12)5-7(2)10(6)13-8(3)11(14)15/h4-5,8,13H,12H2,1-3H3,(H,14,15). The molecule has 4 N–H and O–H groups in total. The lowest BCUT2D eigenvalue weighted by Crippen LogP contribution is -2.26. The van der Waals surface area contributed by atoms with Gasteiger partial charge in [-0.1, -0.05) is 0 Å². The number of nitrogens with two attached hydrogens (primary N) is 1. The minimum atomic E-state index is -0.870. The summed E-state index contributed by atoms with van der Waals surface area (Å²) in [5.74, 6) is -0.870. The van der Waals surface area contributed by atoms with E-state index in [2.05, 4.69) is 5.32 Å². The summed E-state index contributed by atoms with van der Waals surface area (Å²) in [6.07, 6.45) is 0. The number of carbonyl (C=O) groups is 1. The van der Waals surface area contributed by atoms with Crippen molar-refractivity contribution < 1.29 is 9.90 Å². The van der Waals surface area contributed by atoms with Crippen molar-refractivity contribution in [3.05, 3.63) is 23.3 Å². The van der Waals surface area contributed by atoms with Crippen LogP contribution in [0.25, 0.3) is 0 Å². The second-order valence-corrected chi connectivity index (χ2v) is 3.73. The maximum absolute atomic E-state index is 10.7. The van der Waals surface area contributed by atoms with Crippen molar-refractivity contribution in [2.24, 2.45) is 0 Å². The number of carboxylic acids is 1. The highest BCUT2D eigenvalue weighted by atomic mass is 16.4. The van der Waals surface area contributed by atoms with E-state index < -0.39 is 12.0 Å². The van der Waals surface area contributed by atoms with Crippen molar-refractivity contribution in [2.45, 2.75) is 26.8 Å². The minimum absolute atomic E-state index is 0.606. The summed E-state index contributed by atoms with van der Waals surface area (Å²) in [6.45, 7) is 5.41. The predicted molar refractivity (Wildman–Crippen MR) is 61.0 cm³/mol. The quantitative estimate of drug-likeness (QED) is 0.662. The fourth-order valence-corrected chi connectivity index (χ4v) is 1.50. The molecule has 0 bridgehead atoms. The Morgan fingerprint density at radius 1 is 1.40 bits per heavy atom. The highest BCUT2D eigenvalue weighted by Gasteiger charge is 2.13. The zero-order valence-electron chi connectivity index (χ0n) is 9.16. The number of aryl methyl sites for hydroxylation is 2. The third kappa shape index (κ3) is 2.62. The van der Waals surface area contributed by atoms with E-state index in [1.165, 1.54) is 0 Å². The number of rotatable bonds is 3. The van der Waals surface area contributed by atoms with E-state index in [9.17, 15) is 4.79 Å². The Hall–Kier alpha value is -1.71. The summed E-state index contributed by atoms with van der Waals surface area (Å²) >= 11 is 0. The van der Waals surface area contributed by atoms with Crippen LogP contribution in [0.4, 0.5) is 11.4 Å². The maximum Gasteiger partial charge on any atom is 0.325 e. The number of hydrogen-bond acceptors (Lipinski definition) is 3. The van der Waals surface area contributed by atoms with E-state index >= 15 is 0 Å². The van der Waals surface area contributed by atoms with Crippen LogP contribution in [0, 0.1) is 13.8 Å². The fraction of sp³-hybridized carbons (Fsp3) is 0.364. The van der Waals surface area contributed by atoms with Gasteiger partial charge >= 0.3 is 5.97 Å². The molecule has 0 saturated carbocycles. The van der Waals surface area contributed by atoms with Gasteiger partial charge in [-0.15, -0.1) is 0 Å². The van der Waals surface area contributed by atoms with Crippen molar-refractivity contribution in [3.8, 4) is 0 Å². The second kappa shape index (κ2) is 4.21. The summed E-state index contributed by atoms with van der Waals surface area (Å²) in [5.41, 5.74) is 9.13. The zero-order valence-corrected chi connectivity index (χ0v) is 9.16. The lowest BCUT2D eigenvalue weighted by Gasteiger charge is -2.16. The van der Waals surface area contributed by atoms with E-state index in [1.54, 1.807) is 6.92 Å². The lowest BCUT2D eigenvalue weighted by molar-refractivity contribution is -0.137. The van der Waals surface area contributed by atoms with Crippen LogP contribution < -0.4 is 11.1 Å². The van der Waals surface area contributed by atoms with Crippen LogP contribution in [-0.2, 0) is 4.79 Å². The first-order valence-electron chi connectivity index (χ1n) is 4.78. The van der Waals surface area contributed by atoms with Crippen LogP contribution in [0.1, 0.15) is 18.1 Å². The van der Waals surface area contributed by atoms with Gasteiger partial charge in [-0.3, -0.25) is 4.79 Å². The summed E-state index contributed by atoms with van der Waals surface area (Å²) in [7, 11) is 0. The molecular formula is C11H16N2O2. The number of hydrogen-bond donors (Lipinski definition) is 3. The smallest absolute Gasteiger partial charge is 0.325 e. The van der Waals surface area contributed by atoms with Crippen LogP contribution in [0.2, 0.25) is 0 Å². The van der Waals surface area contributed by atoms with Gasteiger partial charge in [-0.2, -0.15) is 0 Å². The number of nitrogens with one attached hydrogen (secondary N) is 1. The van der Waals surface area contributed by atoms with Gasteiger partial charge in [0.15, 0.2) is 0 Å². The largest absolute Gasteiger partial charge is 0.480 e. The first kappa shape index (κ1) is 11.4. The minimum Gasteiger partial charge on any atom is -0.480 e. The molecule has 82 valence electrons. The number of aliphatic carboxylic acids is 1. The summed E-state index contributed by atoms with van der Waals surface area (Å²) in [4.78, 5) is 10.7. The van der Waals surface area contributed by atoms with Crippen LogP contribution >= 0.6 is 0 Å². The Balaban J connectivity index is 3.00. The van der Waals surface area contributed by atoms with Crippen molar-refractivity contribution in [3.63, 3.8) is 0 Å². The molecule has 0 fully saturated rings. The van der Waals surface area contributed by atoms with Crippen molar-refractivity contribution >= 4 is 17.3 Å². The highest BCUT2D eigenvalue weighted by molar-refractivity contribution is 5.78. The number of carboxylic acid groups (broad SMARTS) is 1. The molecule has 15 heavy (non-hydrogen) atoms. The molecule has 0 saturated heterocycles. The molecule has 0 spiro atoms. The molecule has 0 aliphatic rings. The molecule has 0 aromatic heterocycles. The fourth-order valence-electron chi connectivity index (χ4n) is 1.50. The molecule has 1 rings (SSSR count). The van der Waals surface area contributed by atoms with Crippen LogP contribution in [0.15, 0.2) is 12.1 Å². The molecule has 0 heterocycles. The molecule has 0 aliphatic heterocycles. The Bertz CT molecular complexity index is 365. The molecule has 4 heteroatoms. The summed E-state index contributed by atoms with van der Waals surface area (Å²) < 4.78 is 0. The SMILES string of the molecule is Cc1cc(N)cc(C)c1NC(C)C(=O)O. The van der Waals surface area contributed by atoms with Gasteiger partial charge in [0.2, 0.25) is 0 Å². The van der Waals surface area contributed by atoms with Gasteiger partial charge in [-0.25, -0.2) is 0 Å². The first-order chi connectivity index (χ1) is 6.91. The third-order valence-electron chi connectivity index (χ3n) is 2.29. The molecule has 0 amide bonds. The maximum atomic E-state index is 10.7. The van der Waals surface area contributed by atoms with Gasteiger partial charge in [0.1, 0.15) is 6.04 Å². The van der Waals surface area contributed by atoms with E-state index in [0.29, 0.717) is 5.69 Å². The first-order valence-corrected chi connectivity index (χ1v) is 4.78. The third-order valence-corrected chi connectivity index (χ3v) is 2.29. The molecule has 0 radical (unpaired) electrons. The Kier molecular flexibility index (Phi) is 3.19. The number of anilines is 2. The van der Waals surface area contributed by atoms with Crippen LogP contribution in [-0.4, -0.2) is 17.1 Å². The Morgan fingerprint density at radius 3 is 2.27 bits per heavy atom. The van der Waals surface area contributed by atoms with Crippen molar-refractivity contribution in [2.75, 3.05) is 11.1 Å². The van der Waals surface area contributed by atoms with Crippen molar-refractivity contribution in [1.29, 1.82) is 0 Å². The van der Waals surface area contributed by atoms with Gasteiger partial charge in [0.25, 0.3) is 0 Å². The molecular weight excluding hydrogens is 192 g/mol. The van der Waals surface area contributed by atoms with Gasteiger partial charge in [-0.05, 0) is 44.0 Å². The normalized spacial score (nSPS) is 12.2. The average Bonchev–Trinajstić information content (AvgIpc) is 2.10. The number of benzene rings is 1. The van der Waals surface area contributed by atoms with Crippen LogP contribution in [0.3, 0.4) is 0 Å². The molecule has 1 atom stereocenters. The molecule has 1 aromatic carbocycles. The lowest BCUT2D eigenvalue weighted by atomic mass is 10.1. The Morgan fingerprint density at radius 2 is 1.87 bits per heavy atom. The molecule has 1 unspecified atom stereocenters. The predicted octanol–water partition coefficient (Wildman–Crippen LogP) is 1.77. The number of nitrogen functional groups attached to an aromatic ring is 1. The average molecular weight is 208 g/mol. The van der Waals surface area contributed by atoms with Gasteiger partial charge < -0.3 is 16.2 Å². The Labute approximate surface area is 89.1 Å². The van der Waals surface area contributed by atoms with Crippen molar-refractivity contribution in [1.82, 2.24) is 0 Å². The van der Waals surface area contributed by atoms with E-state index in [-0.39, 0.29) is 0 Å². The van der Waals surface area contributed by atoms with E-state index in [0.717, 1.165) is 16.8 Å². The van der Waals surface area contributed by atoms with Gasteiger partial charge in [0, 0.05) is 11.4 Å². The molecule has 0 aliphatic carbocycles. The monoisotopic (exact) mass is 208 g/mol. The summed E-state index contributed by atoms with van der Waals surface area (Å²) in [5, 5.41) is 11.7. The summed E-state index contributed by atoms with van der Waals surface area (Å²) in [6, 6.07) is 3.04. The topological polar surface area (TPSA) is 75.3 Å². The molecule has 1 aromatic rings. The van der Waals surface area contributed by atoms with Gasteiger partial charge in [0.05, 0.1) is 0 Å². The zero-order chi connectivity index (χ0) is 11.6.